The molecule has 0 saturated carbocycles. The van der Waals surface area contributed by atoms with Gasteiger partial charge < -0.3 is 26.3 Å². The molecule has 4 N–H and O–H groups in total. The number of nitrogens with one attached hydrogen (secondary N) is 3. The fraction of sp³-hybridized carbons (Fsp3) is 0. The fourth-order valence-electron chi connectivity index (χ4n) is 5.04. The van der Waals surface area contributed by atoms with Gasteiger partial charge in [-0.1, -0.05) is 48.0 Å². The molecule has 0 atom stereocenters. The molecule has 0 aliphatic carbocycles. The van der Waals surface area contributed by atoms with Gasteiger partial charge in [-0.3, -0.25) is 19.4 Å². The number of carbonyl (C=O) groups excluding carboxylic acids is 3. The van der Waals surface area contributed by atoms with Crippen LogP contribution in [0.1, 0.15) is 31.1 Å². The maximum atomic E-state index is 13.7. The van der Waals surface area contributed by atoms with Crippen LogP contribution >= 0.6 is 23.6 Å². The number of hydrogen-bond donors (Lipinski definition) is 4. The first-order chi connectivity index (χ1) is 22.8. The molecule has 234 valence electrons. The van der Waals surface area contributed by atoms with Gasteiger partial charge in [-0.05, 0) is 89.6 Å². The summed E-state index contributed by atoms with van der Waals surface area (Å²) >= 11 is 6.83. The molecule has 48 heavy (non-hydrogen) atoms. The van der Waals surface area contributed by atoms with Crippen molar-refractivity contribution in [2.45, 2.75) is 4.90 Å². The molecule has 0 fully saturated rings. The largest absolute Gasteiger partial charge is 1.00 e. The van der Waals surface area contributed by atoms with Gasteiger partial charge in [0, 0.05) is 54.4 Å². The summed E-state index contributed by atoms with van der Waals surface area (Å²) in [4.78, 5) is 41.0. The smallest absolute Gasteiger partial charge is 0.691 e. The summed E-state index contributed by atoms with van der Waals surface area (Å²) in [5, 5.41) is 35.3. The van der Waals surface area contributed by atoms with Crippen molar-refractivity contribution in [3.8, 4) is 5.75 Å². The number of hydrogen-bond acceptors (Lipinski definition) is 8. The molecule has 0 heterocycles. The Morgan fingerprint density at radius 2 is 1.23 bits per heavy atom. The molecule has 0 radical (unpaired) electrons. The Balaban J connectivity index is 0.00000451. The summed E-state index contributed by atoms with van der Waals surface area (Å²) in [6.45, 7) is 0. The van der Waals surface area contributed by atoms with Crippen LogP contribution in [0.2, 0.25) is 5.02 Å². The minimum atomic E-state index is -0.535. The number of benzene rings is 6. The van der Waals surface area contributed by atoms with Gasteiger partial charge in [0.2, 0.25) is 0 Å². The molecule has 0 bridgehead atoms. The van der Waals surface area contributed by atoms with E-state index < -0.39 is 17.7 Å². The molecule has 0 aromatic heterocycles. The Labute approximate surface area is 305 Å². The minimum absolute atomic E-state index is 0. The van der Waals surface area contributed by atoms with E-state index in [0.717, 1.165) is 22.8 Å². The van der Waals surface area contributed by atoms with Crippen LogP contribution in [0.3, 0.4) is 0 Å². The maximum Gasteiger partial charge on any atom is 1.00 e. The molecule has 0 aliphatic rings. The number of aromatic hydroxyl groups is 1. The van der Waals surface area contributed by atoms with Crippen molar-refractivity contribution in [2.75, 3.05) is 16.0 Å². The molecule has 13 heteroatoms. The monoisotopic (exact) mass is 687 g/mol. The van der Waals surface area contributed by atoms with Gasteiger partial charge in [0.25, 0.3) is 17.7 Å². The van der Waals surface area contributed by atoms with Crippen LogP contribution in [-0.2, 0) is 9.37 Å². The Morgan fingerprint density at radius 1 is 0.646 bits per heavy atom. The number of rotatable bonds is 9. The van der Waals surface area contributed by atoms with Crippen molar-refractivity contribution in [1.29, 1.82) is 0 Å². The van der Waals surface area contributed by atoms with E-state index in [1.54, 1.807) is 78.9 Å². The van der Waals surface area contributed by atoms with Crippen molar-refractivity contribution in [3.05, 3.63) is 137 Å². The second-order valence-corrected chi connectivity index (χ2v) is 11.5. The molecule has 0 unspecified atom stereocenters. The molecule has 10 nitrogen and oxygen atoms in total. The zero-order valence-corrected chi connectivity index (χ0v) is 28.7. The van der Waals surface area contributed by atoms with Crippen LogP contribution < -0.4 is 50.8 Å². The summed E-state index contributed by atoms with van der Waals surface area (Å²) in [7, 11) is 0. The van der Waals surface area contributed by atoms with E-state index in [-0.39, 0.29) is 57.7 Å². The third-order valence-corrected chi connectivity index (χ3v) is 7.98. The van der Waals surface area contributed by atoms with E-state index in [2.05, 4.69) is 25.3 Å². The number of halogens is 1. The van der Waals surface area contributed by atoms with E-state index in [0.29, 0.717) is 32.1 Å². The zero-order valence-electron chi connectivity index (χ0n) is 25.2. The van der Waals surface area contributed by atoms with Gasteiger partial charge in [-0.15, -0.1) is 0 Å². The van der Waals surface area contributed by atoms with Gasteiger partial charge in [-0.2, -0.15) is 4.33 Å². The number of carbonyl (C=O) groups is 3. The van der Waals surface area contributed by atoms with E-state index in [1.807, 2.05) is 6.07 Å². The van der Waals surface area contributed by atoms with Crippen LogP contribution in [0.15, 0.2) is 120 Å². The Hall–Kier alpha value is -4.43. The number of amides is 3. The number of anilines is 3. The van der Waals surface area contributed by atoms with Crippen LogP contribution in [0.25, 0.3) is 21.5 Å². The van der Waals surface area contributed by atoms with Crippen molar-refractivity contribution in [2.24, 2.45) is 0 Å². The standard InChI is InChI=1S/C35H24ClN3O7S.Na/c36-25-7-1-6-22(15-25)33(41)37-26-16-23(34(42)38-31-8-2-4-20-18-27(40)10-12-29(20)31)14-24(17-26)35(43)39-32-9-3-5-21-19-28(47-46-45-44)11-13-30(21)32;/h1-19,40,44H,(H,37,41)(H,38,42)(H,39,43);/q;+1/p-1. The fourth-order valence-corrected chi connectivity index (χ4v) is 5.64. The summed E-state index contributed by atoms with van der Waals surface area (Å²) in [6, 6.07) is 31.3. The van der Waals surface area contributed by atoms with Gasteiger partial charge in [0.15, 0.2) is 0 Å². The van der Waals surface area contributed by atoms with E-state index >= 15 is 0 Å². The quantitative estimate of drug-likeness (QED) is 0.0759. The molecule has 6 rings (SSSR count). The van der Waals surface area contributed by atoms with Gasteiger partial charge in [0.1, 0.15) is 5.75 Å². The summed E-state index contributed by atoms with van der Waals surface area (Å²) < 4.78 is 4.40. The Bertz CT molecular complexity index is 2180. The van der Waals surface area contributed by atoms with Gasteiger partial charge >= 0.3 is 29.6 Å². The van der Waals surface area contributed by atoms with Gasteiger partial charge in [0.05, 0.1) is 12.0 Å². The predicted molar refractivity (Wildman–Crippen MR) is 179 cm³/mol. The molecule has 0 saturated heterocycles. The minimum Gasteiger partial charge on any atom is -0.691 e. The molecular formula is C35H23ClN3NaO7S. The Morgan fingerprint density at radius 3 is 1.85 bits per heavy atom. The Kier molecular flexibility index (Phi) is 11.4. The second-order valence-electron chi connectivity index (χ2n) is 10.3. The predicted octanol–water partition coefficient (Wildman–Crippen LogP) is 4.34. The molecule has 3 amide bonds. The summed E-state index contributed by atoms with van der Waals surface area (Å²) in [5.74, 6) is -1.46. The number of fused-ring (bicyclic) bond motifs is 2. The first-order valence-corrected chi connectivity index (χ1v) is 15.1. The van der Waals surface area contributed by atoms with E-state index in [4.69, 9.17) is 11.6 Å². The van der Waals surface area contributed by atoms with Crippen molar-refractivity contribution < 1.29 is 63.7 Å². The second kappa shape index (κ2) is 15.6. The third-order valence-electron chi connectivity index (χ3n) is 7.17. The van der Waals surface area contributed by atoms with E-state index in [9.17, 15) is 24.7 Å². The average molecular weight is 688 g/mol. The van der Waals surface area contributed by atoms with E-state index in [1.165, 1.54) is 30.3 Å². The number of phenolic OH excluding ortho intramolecular Hbond substituents is 1. The summed E-state index contributed by atoms with van der Waals surface area (Å²) in [6.07, 6.45) is 0. The molecule has 6 aromatic rings. The van der Waals surface area contributed by atoms with Crippen LogP contribution in [0.5, 0.6) is 5.75 Å². The molecule has 6 aromatic carbocycles. The van der Waals surface area contributed by atoms with Crippen LogP contribution in [0.4, 0.5) is 17.1 Å². The maximum absolute atomic E-state index is 13.7. The van der Waals surface area contributed by atoms with Crippen molar-refractivity contribution >= 4 is 80.0 Å². The van der Waals surface area contributed by atoms with Crippen molar-refractivity contribution in [3.63, 3.8) is 0 Å². The average Bonchev–Trinajstić information content (AvgIpc) is 3.07. The summed E-state index contributed by atoms with van der Waals surface area (Å²) in [5.41, 5.74) is 1.69. The first-order valence-electron chi connectivity index (χ1n) is 14.0. The molecule has 0 spiro atoms. The first kappa shape index (κ1) is 34.9. The van der Waals surface area contributed by atoms with Crippen LogP contribution in [0, 0.1) is 0 Å². The topological polar surface area (TPSA) is 149 Å². The van der Waals surface area contributed by atoms with Crippen LogP contribution in [-0.4, -0.2) is 22.8 Å². The SMILES string of the molecule is O=C(Nc1cc(C(=O)Nc2cccc3cc(O)ccc23)cc(C(=O)Nc2cccc3cc(SOO[O-])ccc23)c1)c1cccc(Cl)c1.[Na+]. The zero-order chi connectivity index (χ0) is 32.9. The van der Waals surface area contributed by atoms with Gasteiger partial charge in [-0.25, -0.2) is 0 Å². The van der Waals surface area contributed by atoms with Crippen molar-refractivity contribution in [1.82, 2.24) is 0 Å². The molecular weight excluding hydrogens is 665 g/mol. The molecule has 0 aliphatic heterocycles. The third kappa shape index (κ3) is 8.16. The normalized spacial score (nSPS) is 10.7. The number of phenols is 1.